The molecule has 0 aliphatic heterocycles. The van der Waals surface area contributed by atoms with Gasteiger partial charge in [0.05, 0.1) is 7.11 Å². The van der Waals surface area contributed by atoms with E-state index in [1.54, 1.807) is 6.20 Å². The molecule has 0 aliphatic rings. The van der Waals surface area contributed by atoms with Gasteiger partial charge in [-0.2, -0.15) is 5.10 Å². The van der Waals surface area contributed by atoms with Crippen molar-refractivity contribution in [3.63, 3.8) is 0 Å². The van der Waals surface area contributed by atoms with E-state index in [9.17, 15) is 4.79 Å². The van der Waals surface area contributed by atoms with E-state index in [0.29, 0.717) is 6.54 Å². The molecule has 0 spiro atoms. The number of amides is 1. The van der Waals surface area contributed by atoms with E-state index in [1.807, 2.05) is 16.9 Å². The van der Waals surface area contributed by atoms with Gasteiger partial charge in [-0.05, 0) is 12.5 Å². The summed E-state index contributed by atoms with van der Waals surface area (Å²) >= 11 is 0. The molecule has 0 bridgehead atoms. The van der Waals surface area contributed by atoms with Gasteiger partial charge >= 0.3 is 6.09 Å². The Labute approximate surface area is 76.7 Å². The largest absolute Gasteiger partial charge is 0.453 e. The van der Waals surface area contributed by atoms with Crippen molar-refractivity contribution in [3.8, 4) is 0 Å². The first-order valence-electron chi connectivity index (χ1n) is 4.12. The van der Waals surface area contributed by atoms with E-state index in [0.717, 1.165) is 13.0 Å². The van der Waals surface area contributed by atoms with Crippen molar-refractivity contribution >= 4 is 6.09 Å². The molecule has 0 radical (unpaired) electrons. The quantitative estimate of drug-likeness (QED) is 0.696. The highest BCUT2D eigenvalue weighted by Gasteiger charge is 1.96. The first-order chi connectivity index (χ1) is 6.33. The summed E-state index contributed by atoms with van der Waals surface area (Å²) in [6.07, 6.45) is 4.07. The molecule has 0 aromatic carbocycles. The zero-order chi connectivity index (χ0) is 9.52. The Morgan fingerprint density at radius 3 is 3.15 bits per heavy atom. The van der Waals surface area contributed by atoms with Crippen molar-refractivity contribution in [3.05, 3.63) is 18.5 Å². The molecule has 1 aromatic rings. The number of hydrogen-bond acceptors (Lipinski definition) is 3. The number of alkyl carbamates (subject to hydrolysis) is 1. The second kappa shape index (κ2) is 5.18. The van der Waals surface area contributed by atoms with Crippen LogP contribution in [0.3, 0.4) is 0 Å². The van der Waals surface area contributed by atoms with Crippen molar-refractivity contribution < 1.29 is 9.53 Å². The van der Waals surface area contributed by atoms with Gasteiger partial charge in [0.2, 0.25) is 0 Å². The number of nitrogens with one attached hydrogen (secondary N) is 1. The molecule has 0 saturated heterocycles. The predicted octanol–water partition coefficient (Wildman–Crippen LogP) is 0.629. The minimum absolute atomic E-state index is 0.388. The zero-order valence-corrected chi connectivity index (χ0v) is 7.56. The van der Waals surface area contributed by atoms with Gasteiger partial charge in [0.1, 0.15) is 0 Å². The van der Waals surface area contributed by atoms with Crippen LogP contribution >= 0.6 is 0 Å². The summed E-state index contributed by atoms with van der Waals surface area (Å²) < 4.78 is 6.23. The molecule has 1 heterocycles. The maximum Gasteiger partial charge on any atom is 0.406 e. The second-order valence-electron chi connectivity index (χ2n) is 2.54. The van der Waals surface area contributed by atoms with Crippen molar-refractivity contribution in [2.24, 2.45) is 0 Å². The topological polar surface area (TPSA) is 56.1 Å². The van der Waals surface area contributed by atoms with E-state index in [4.69, 9.17) is 0 Å². The Morgan fingerprint density at radius 2 is 2.54 bits per heavy atom. The lowest BCUT2D eigenvalue weighted by atomic mass is 10.4. The second-order valence-corrected chi connectivity index (χ2v) is 2.54. The van der Waals surface area contributed by atoms with Gasteiger partial charge in [0.15, 0.2) is 0 Å². The SMILES string of the molecule is COC(=O)NCCCn1cccn1. The van der Waals surface area contributed by atoms with Crippen LogP contribution in [0.2, 0.25) is 0 Å². The Bertz CT molecular complexity index is 246. The lowest BCUT2D eigenvalue weighted by Crippen LogP contribution is -2.24. The highest BCUT2D eigenvalue weighted by molar-refractivity contribution is 5.66. The number of ether oxygens (including phenoxy) is 1. The average Bonchev–Trinajstić information content (AvgIpc) is 2.64. The number of aryl methyl sites for hydroxylation is 1. The molecule has 1 aromatic heterocycles. The van der Waals surface area contributed by atoms with Crippen LogP contribution < -0.4 is 5.32 Å². The van der Waals surface area contributed by atoms with Gasteiger partial charge < -0.3 is 10.1 Å². The van der Waals surface area contributed by atoms with Gasteiger partial charge in [0, 0.05) is 25.5 Å². The van der Waals surface area contributed by atoms with Gasteiger partial charge in [0.25, 0.3) is 0 Å². The molecule has 1 rings (SSSR count). The first-order valence-corrected chi connectivity index (χ1v) is 4.12. The van der Waals surface area contributed by atoms with Crippen LogP contribution in [0.4, 0.5) is 4.79 Å². The van der Waals surface area contributed by atoms with Gasteiger partial charge in [-0.15, -0.1) is 0 Å². The lowest BCUT2D eigenvalue weighted by Gasteiger charge is -2.03. The summed E-state index contributed by atoms with van der Waals surface area (Å²) in [4.78, 5) is 10.6. The maximum absolute atomic E-state index is 10.6. The minimum atomic E-state index is -0.388. The summed E-state index contributed by atoms with van der Waals surface area (Å²) in [5.41, 5.74) is 0. The fraction of sp³-hybridized carbons (Fsp3) is 0.500. The van der Waals surface area contributed by atoms with Crippen molar-refractivity contribution in [1.82, 2.24) is 15.1 Å². The van der Waals surface area contributed by atoms with Gasteiger partial charge in [-0.25, -0.2) is 4.79 Å². The summed E-state index contributed by atoms with van der Waals surface area (Å²) in [5, 5.41) is 6.62. The van der Waals surface area contributed by atoms with E-state index in [1.165, 1.54) is 7.11 Å². The number of nitrogens with zero attached hydrogens (tertiary/aromatic N) is 2. The molecule has 0 fully saturated rings. The van der Waals surface area contributed by atoms with Crippen LogP contribution in [-0.4, -0.2) is 29.5 Å². The third-order valence-corrected chi connectivity index (χ3v) is 1.58. The van der Waals surface area contributed by atoms with Crippen LogP contribution in [0, 0.1) is 0 Å². The molecule has 0 aliphatic carbocycles. The van der Waals surface area contributed by atoms with E-state index < -0.39 is 0 Å². The smallest absolute Gasteiger partial charge is 0.406 e. The highest BCUT2D eigenvalue weighted by Crippen LogP contribution is 1.87. The lowest BCUT2D eigenvalue weighted by molar-refractivity contribution is 0.170. The monoisotopic (exact) mass is 183 g/mol. The molecular weight excluding hydrogens is 170 g/mol. The maximum atomic E-state index is 10.6. The van der Waals surface area contributed by atoms with E-state index in [-0.39, 0.29) is 6.09 Å². The molecular formula is C8H13N3O2. The van der Waals surface area contributed by atoms with E-state index in [2.05, 4.69) is 15.2 Å². The summed E-state index contributed by atoms with van der Waals surface area (Å²) in [6.45, 7) is 1.41. The average molecular weight is 183 g/mol. The number of carbonyl (C=O) groups excluding carboxylic acids is 1. The summed E-state index contributed by atoms with van der Waals surface area (Å²) in [6, 6.07) is 1.87. The van der Waals surface area contributed by atoms with Gasteiger partial charge in [-0.1, -0.05) is 0 Å². The van der Waals surface area contributed by atoms with Crippen molar-refractivity contribution in [2.45, 2.75) is 13.0 Å². The molecule has 0 atom stereocenters. The first kappa shape index (κ1) is 9.57. The van der Waals surface area contributed by atoms with Gasteiger partial charge in [-0.3, -0.25) is 4.68 Å². The molecule has 0 saturated carbocycles. The fourth-order valence-corrected chi connectivity index (χ4v) is 0.936. The Morgan fingerprint density at radius 1 is 1.69 bits per heavy atom. The van der Waals surface area contributed by atoms with Crippen LogP contribution in [0.25, 0.3) is 0 Å². The van der Waals surface area contributed by atoms with E-state index >= 15 is 0 Å². The highest BCUT2D eigenvalue weighted by atomic mass is 16.5. The third kappa shape index (κ3) is 3.59. The molecule has 72 valence electrons. The fourth-order valence-electron chi connectivity index (χ4n) is 0.936. The number of methoxy groups -OCH3 is 1. The van der Waals surface area contributed by atoms with Crippen LogP contribution in [0.15, 0.2) is 18.5 Å². The van der Waals surface area contributed by atoms with Crippen LogP contribution in [-0.2, 0) is 11.3 Å². The normalized spacial score (nSPS) is 9.62. The Kier molecular flexibility index (Phi) is 3.81. The Balaban J connectivity index is 2.05. The number of hydrogen-bond donors (Lipinski definition) is 1. The van der Waals surface area contributed by atoms with Crippen molar-refractivity contribution in [2.75, 3.05) is 13.7 Å². The summed E-state index contributed by atoms with van der Waals surface area (Å²) in [7, 11) is 1.35. The third-order valence-electron chi connectivity index (χ3n) is 1.58. The number of carbonyl (C=O) groups is 1. The number of rotatable bonds is 4. The molecule has 5 nitrogen and oxygen atoms in total. The zero-order valence-electron chi connectivity index (χ0n) is 7.56. The summed E-state index contributed by atoms with van der Waals surface area (Å²) in [5.74, 6) is 0. The number of aromatic nitrogens is 2. The molecule has 0 unspecified atom stereocenters. The molecule has 5 heteroatoms. The predicted molar refractivity (Wildman–Crippen MR) is 47.3 cm³/mol. The van der Waals surface area contributed by atoms with Crippen molar-refractivity contribution in [1.29, 1.82) is 0 Å². The molecule has 1 N–H and O–H groups in total. The Hall–Kier alpha value is -1.52. The minimum Gasteiger partial charge on any atom is -0.453 e. The van der Waals surface area contributed by atoms with Crippen LogP contribution in [0.5, 0.6) is 0 Å². The standard InChI is InChI=1S/C8H13N3O2/c1-13-8(12)9-4-2-6-11-7-3-5-10-11/h3,5,7H,2,4,6H2,1H3,(H,9,12). The van der Waals surface area contributed by atoms with Crippen LogP contribution in [0.1, 0.15) is 6.42 Å². The molecule has 1 amide bonds. The molecule has 13 heavy (non-hydrogen) atoms.